The number of aromatic nitrogens is 1. The van der Waals surface area contributed by atoms with Gasteiger partial charge in [0.2, 0.25) is 0 Å². The molecule has 1 aliphatic rings. The summed E-state index contributed by atoms with van der Waals surface area (Å²) in [6.07, 6.45) is 1.48. The van der Waals surface area contributed by atoms with Gasteiger partial charge in [-0.05, 0) is 74.4 Å². The molecule has 0 aliphatic carbocycles. The molecule has 0 unspecified atom stereocenters. The minimum Gasteiger partial charge on any atom is -0.318 e. The molecule has 0 atom stereocenters. The Kier molecular flexibility index (Phi) is 5.02. The van der Waals surface area contributed by atoms with Gasteiger partial charge >= 0.3 is 6.03 Å². The van der Waals surface area contributed by atoms with Crippen LogP contribution in [0, 0.1) is 26.6 Å². The monoisotopic (exact) mass is 417 g/mol. The number of carbonyl (C=O) groups excluding carboxylic acids is 3. The van der Waals surface area contributed by atoms with Gasteiger partial charge in [0.1, 0.15) is 11.4 Å². The van der Waals surface area contributed by atoms with Crippen LogP contribution in [0.25, 0.3) is 11.8 Å². The summed E-state index contributed by atoms with van der Waals surface area (Å²) >= 11 is 0. The molecule has 2 aromatic carbocycles. The van der Waals surface area contributed by atoms with E-state index in [0.717, 1.165) is 27.5 Å². The van der Waals surface area contributed by atoms with Crippen LogP contribution in [-0.4, -0.2) is 22.4 Å². The van der Waals surface area contributed by atoms with Crippen molar-refractivity contribution in [3.8, 4) is 5.69 Å². The van der Waals surface area contributed by atoms with E-state index in [2.05, 4.69) is 5.32 Å². The molecule has 1 aliphatic heterocycles. The van der Waals surface area contributed by atoms with Crippen molar-refractivity contribution < 1.29 is 18.8 Å². The number of benzene rings is 2. The van der Waals surface area contributed by atoms with Crippen LogP contribution in [-0.2, 0) is 9.59 Å². The highest BCUT2D eigenvalue weighted by molar-refractivity contribution is 6.39. The number of barbiturate groups is 1. The van der Waals surface area contributed by atoms with Gasteiger partial charge in [0.05, 0.1) is 5.69 Å². The number of para-hydroxylation sites is 1. The molecule has 1 aromatic heterocycles. The molecule has 0 saturated carbocycles. The minimum absolute atomic E-state index is 0.137. The molecule has 0 radical (unpaired) electrons. The molecule has 4 amide bonds. The molecule has 156 valence electrons. The van der Waals surface area contributed by atoms with E-state index in [0.29, 0.717) is 11.3 Å². The van der Waals surface area contributed by atoms with Gasteiger partial charge < -0.3 is 4.57 Å². The lowest BCUT2D eigenvalue weighted by Gasteiger charge is -2.27. The predicted molar refractivity (Wildman–Crippen MR) is 115 cm³/mol. The van der Waals surface area contributed by atoms with E-state index in [-0.39, 0.29) is 11.4 Å². The Labute approximate surface area is 178 Å². The maximum atomic E-state index is 13.3. The quantitative estimate of drug-likeness (QED) is 0.513. The van der Waals surface area contributed by atoms with Crippen molar-refractivity contribution in [1.29, 1.82) is 0 Å². The second kappa shape index (κ2) is 7.68. The predicted octanol–water partition coefficient (Wildman–Crippen LogP) is 4.21. The summed E-state index contributed by atoms with van der Waals surface area (Å²) < 4.78 is 15.2. The van der Waals surface area contributed by atoms with Crippen molar-refractivity contribution in [3.63, 3.8) is 0 Å². The number of hydrogen-bond acceptors (Lipinski definition) is 3. The highest BCUT2D eigenvalue weighted by Crippen LogP contribution is 2.27. The average Bonchev–Trinajstić information content (AvgIpc) is 3.00. The summed E-state index contributed by atoms with van der Waals surface area (Å²) in [7, 11) is 0. The highest BCUT2D eigenvalue weighted by atomic mass is 19.1. The fraction of sp³-hybridized carbons (Fsp3) is 0.125. The number of aryl methyl sites for hydroxylation is 2. The number of imide groups is 2. The molecule has 0 bridgehead atoms. The van der Waals surface area contributed by atoms with Crippen molar-refractivity contribution in [2.24, 2.45) is 0 Å². The van der Waals surface area contributed by atoms with E-state index in [1.165, 1.54) is 18.2 Å². The standard InChI is InChI=1S/C24H20FN3O3/c1-14-6-4-5-7-21(14)28-23(30)20(22(29)26-24(28)31)13-17-12-15(2)27(16(17)3)19-10-8-18(25)9-11-19/h4-13H,1-3H3,(H,26,29,31)/b20-13+. The molecular formula is C24H20FN3O3. The van der Waals surface area contributed by atoms with Gasteiger partial charge in [-0.2, -0.15) is 0 Å². The van der Waals surface area contributed by atoms with E-state index < -0.39 is 17.8 Å². The van der Waals surface area contributed by atoms with Gasteiger partial charge in [0.25, 0.3) is 11.8 Å². The summed E-state index contributed by atoms with van der Waals surface area (Å²) in [5.41, 5.74) is 4.05. The van der Waals surface area contributed by atoms with Crippen LogP contribution < -0.4 is 10.2 Å². The van der Waals surface area contributed by atoms with Gasteiger partial charge in [0, 0.05) is 17.1 Å². The smallest absolute Gasteiger partial charge is 0.318 e. The highest BCUT2D eigenvalue weighted by Gasteiger charge is 2.37. The molecule has 3 aromatic rings. The van der Waals surface area contributed by atoms with E-state index in [9.17, 15) is 18.8 Å². The van der Waals surface area contributed by atoms with Crippen LogP contribution in [0.2, 0.25) is 0 Å². The molecule has 2 heterocycles. The number of rotatable bonds is 3. The maximum absolute atomic E-state index is 13.3. The Morgan fingerprint density at radius 2 is 1.61 bits per heavy atom. The van der Waals surface area contributed by atoms with Gasteiger partial charge in [-0.1, -0.05) is 18.2 Å². The Morgan fingerprint density at radius 1 is 0.935 bits per heavy atom. The van der Waals surface area contributed by atoms with Crippen molar-refractivity contribution >= 4 is 29.6 Å². The molecule has 7 heteroatoms. The van der Waals surface area contributed by atoms with Gasteiger partial charge in [-0.15, -0.1) is 0 Å². The van der Waals surface area contributed by atoms with Gasteiger partial charge in [-0.3, -0.25) is 14.9 Å². The third-order valence-corrected chi connectivity index (χ3v) is 5.31. The fourth-order valence-corrected chi connectivity index (χ4v) is 3.77. The van der Waals surface area contributed by atoms with Gasteiger partial charge in [-0.25, -0.2) is 14.1 Å². The molecular weight excluding hydrogens is 397 g/mol. The van der Waals surface area contributed by atoms with Crippen molar-refractivity contribution in [1.82, 2.24) is 9.88 Å². The summed E-state index contributed by atoms with van der Waals surface area (Å²) in [5, 5.41) is 2.25. The second-order valence-electron chi connectivity index (χ2n) is 7.38. The first kappa shape index (κ1) is 20.3. The molecule has 0 spiro atoms. The molecule has 1 N–H and O–H groups in total. The summed E-state index contributed by atoms with van der Waals surface area (Å²) in [6, 6.07) is 14.1. The number of hydrogen-bond donors (Lipinski definition) is 1. The number of carbonyl (C=O) groups is 3. The van der Waals surface area contributed by atoms with E-state index >= 15 is 0 Å². The maximum Gasteiger partial charge on any atom is 0.335 e. The molecule has 31 heavy (non-hydrogen) atoms. The van der Waals surface area contributed by atoms with E-state index in [1.54, 1.807) is 43.3 Å². The molecule has 1 fully saturated rings. The van der Waals surface area contributed by atoms with Crippen molar-refractivity contribution in [2.75, 3.05) is 4.90 Å². The third kappa shape index (κ3) is 3.54. The number of amides is 4. The lowest BCUT2D eigenvalue weighted by atomic mass is 10.1. The minimum atomic E-state index is -0.779. The Bertz CT molecular complexity index is 1260. The van der Waals surface area contributed by atoms with E-state index in [1.807, 2.05) is 24.5 Å². The zero-order valence-corrected chi connectivity index (χ0v) is 17.3. The Morgan fingerprint density at radius 3 is 2.29 bits per heavy atom. The van der Waals surface area contributed by atoms with E-state index in [4.69, 9.17) is 0 Å². The molecule has 4 rings (SSSR count). The van der Waals surface area contributed by atoms with Crippen molar-refractivity contribution in [3.05, 3.63) is 88.5 Å². The summed E-state index contributed by atoms with van der Waals surface area (Å²) in [4.78, 5) is 39.0. The third-order valence-electron chi connectivity index (χ3n) is 5.31. The zero-order valence-electron chi connectivity index (χ0n) is 17.3. The number of halogens is 1. The van der Waals surface area contributed by atoms with Crippen LogP contribution in [0.1, 0.15) is 22.5 Å². The second-order valence-corrected chi connectivity index (χ2v) is 7.38. The largest absolute Gasteiger partial charge is 0.335 e. The summed E-state index contributed by atoms with van der Waals surface area (Å²) in [5.74, 6) is -1.76. The van der Waals surface area contributed by atoms with Crippen LogP contribution in [0.3, 0.4) is 0 Å². The lowest BCUT2D eigenvalue weighted by molar-refractivity contribution is -0.122. The SMILES string of the molecule is Cc1ccccc1N1C(=O)NC(=O)/C(=C\c2cc(C)n(-c3ccc(F)cc3)c2C)C1=O. The first-order valence-electron chi connectivity index (χ1n) is 9.70. The first-order chi connectivity index (χ1) is 14.8. The van der Waals surface area contributed by atoms with Crippen LogP contribution in [0.5, 0.6) is 0 Å². The molecule has 6 nitrogen and oxygen atoms in total. The number of nitrogens with zero attached hydrogens (tertiary/aromatic N) is 2. The topological polar surface area (TPSA) is 71.4 Å². The zero-order chi connectivity index (χ0) is 22.3. The first-order valence-corrected chi connectivity index (χ1v) is 9.70. The summed E-state index contributed by atoms with van der Waals surface area (Å²) in [6.45, 7) is 5.51. The Hall–Kier alpha value is -4.00. The number of nitrogens with one attached hydrogen (secondary N) is 1. The van der Waals surface area contributed by atoms with Gasteiger partial charge in [0.15, 0.2) is 0 Å². The van der Waals surface area contributed by atoms with Crippen molar-refractivity contribution in [2.45, 2.75) is 20.8 Å². The van der Waals surface area contributed by atoms with Crippen LogP contribution >= 0.6 is 0 Å². The lowest BCUT2D eigenvalue weighted by Crippen LogP contribution is -2.54. The molecule has 1 saturated heterocycles. The Balaban J connectivity index is 1.77. The number of urea groups is 1. The normalized spacial score (nSPS) is 15.5. The van der Waals surface area contributed by atoms with Crippen LogP contribution in [0.4, 0.5) is 14.9 Å². The van der Waals surface area contributed by atoms with Crippen LogP contribution in [0.15, 0.2) is 60.2 Å². The number of anilines is 1. The average molecular weight is 417 g/mol. The fourth-order valence-electron chi connectivity index (χ4n) is 3.77.